The van der Waals surface area contributed by atoms with Crippen molar-refractivity contribution in [2.24, 2.45) is 28.6 Å². The molecule has 3 fully saturated rings. The molecule has 0 N–H and O–H groups in total. The Bertz CT molecular complexity index is 724. The van der Waals surface area contributed by atoms with E-state index in [1.807, 2.05) is 6.08 Å². The van der Waals surface area contributed by atoms with E-state index in [1.165, 1.54) is 11.8 Å². The Morgan fingerprint density at radius 1 is 1.04 bits per heavy atom. The third kappa shape index (κ3) is 2.73. The SMILES string of the molecule is C[C@]12CC[C@H]3[C@@H](CCC4=CC(=O)CC[C@@]43C)[C@@H]1CC[C@@H]2OS(C)(=O)=O. The molecule has 0 aliphatic heterocycles. The lowest BCUT2D eigenvalue weighted by Gasteiger charge is -2.57. The van der Waals surface area contributed by atoms with Gasteiger partial charge in [0.2, 0.25) is 0 Å². The molecular formula is C20H30O4S. The minimum absolute atomic E-state index is 0.0215. The Hall–Kier alpha value is -0.680. The highest BCUT2D eigenvalue weighted by atomic mass is 32.2. The average molecular weight is 367 g/mol. The predicted molar refractivity (Wildman–Crippen MR) is 96.4 cm³/mol. The molecule has 0 heterocycles. The van der Waals surface area contributed by atoms with Crippen molar-refractivity contribution in [1.29, 1.82) is 0 Å². The van der Waals surface area contributed by atoms with Gasteiger partial charge in [-0.05, 0) is 79.6 Å². The highest BCUT2D eigenvalue weighted by Gasteiger charge is 2.59. The van der Waals surface area contributed by atoms with Gasteiger partial charge in [-0.2, -0.15) is 8.42 Å². The number of ketones is 1. The molecule has 3 saturated carbocycles. The van der Waals surface area contributed by atoms with Gasteiger partial charge < -0.3 is 0 Å². The molecule has 0 aromatic carbocycles. The summed E-state index contributed by atoms with van der Waals surface area (Å²) in [5, 5.41) is 0. The number of carbonyl (C=O) groups is 1. The highest BCUT2D eigenvalue weighted by molar-refractivity contribution is 7.86. The second-order valence-corrected chi connectivity index (χ2v) is 11.0. The van der Waals surface area contributed by atoms with Gasteiger partial charge in [-0.15, -0.1) is 0 Å². The van der Waals surface area contributed by atoms with Gasteiger partial charge in [-0.3, -0.25) is 8.98 Å². The summed E-state index contributed by atoms with van der Waals surface area (Å²) < 4.78 is 28.9. The summed E-state index contributed by atoms with van der Waals surface area (Å²) in [5.41, 5.74) is 1.54. The first-order valence-electron chi connectivity index (χ1n) is 9.76. The van der Waals surface area contributed by atoms with Crippen LogP contribution < -0.4 is 0 Å². The normalized spacial score (nSPS) is 46.8. The van der Waals surface area contributed by atoms with E-state index in [1.54, 1.807) is 0 Å². The number of fused-ring (bicyclic) bond motifs is 5. The first-order valence-corrected chi connectivity index (χ1v) is 11.6. The smallest absolute Gasteiger partial charge is 0.264 e. The molecule has 25 heavy (non-hydrogen) atoms. The van der Waals surface area contributed by atoms with Gasteiger partial charge in [0.25, 0.3) is 10.1 Å². The average Bonchev–Trinajstić information content (AvgIpc) is 2.83. The van der Waals surface area contributed by atoms with Crippen LogP contribution in [0.4, 0.5) is 0 Å². The molecule has 0 unspecified atom stereocenters. The van der Waals surface area contributed by atoms with Gasteiger partial charge in [0.05, 0.1) is 12.4 Å². The summed E-state index contributed by atoms with van der Waals surface area (Å²) in [7, 11) is -3.41. The molecule has 0 aromatic rings. The molecule has 0 saturated heterocycles. The minimum atomic E-state index is -3.41. The lowest BCUT2D eigenvalue weighted by molar-refractivity contribution is -0.117. The van der Waals surface area contributed by atoms with Crippen molar-refractivity contribution < 1.29 is 17.4 Å². The van der Waals surface area contributed by atoms with Crippen molar-refractivity contribution in [3.8, 4) is 0 Å². The summed E-state index contributed by atoms with van der Waals surface area (Å²) in [6.45, 7) is 4.64. The van der Waals surface area contributed by atoms with Gasteiger partial charge in [0.1, 0.15) is 0 Å². The molecule has 4 nitrogen and oxygen atoms in total. The van der Waals surface area contributed by atoms with Crippen molar-refractivity contribution in [3.05, 3.63) is 11.6 Å². The number of rotatable bonds is 2. The number of hydrogen-bond acceptors (Lipinski definition) is 4. The quantitative estimate of drug-likeness (QED) is 0.696. The zero-order valence-electron chi connectivity index (χ0n) is 15.6. The summed E-state index contributed by atoms with van der Waals surface area (Å²) in [5.74, 6) is 2.13. The predicted octanol–water partition coefficient (Wildman–Crippen LogP) is 3.86. The molecule has 0 radical (unpaired) electrons. The van der Waals surface area contributed by atoms with Crippen molar-refractivity contribution in [2.45, 2.75) is 71.3 Å². The zero-order chi connectivity index (χ0) is 18.0. The molecule has 0 amide bonds. The van der Waals surface area contributed by atoms with Crippen LogP contribution in [0.5, 0.6) is 0 Å². The van der Waals surface area contributed by atoms with Crippen LogP contribution in [0.25, 0.3) is 0 Å². The zero-order valence-corrected chi connectivity index (χ0v) is 16.4. The van der Waals surface area contributed by atoms with Crippen LogP contribution in [0.15, 0.2) is 11.6 Å². The third-order valence-electron chi connectivity index (χ3n) is 8.17. The minimum Gasteiger partial charge on any atom is -0.295 e. The summed E-state index contributed by atoms with van der Waals surface area (Å²) in [6.07, 6.45) is 10.9. The first-order chi connectivity index (χ1) is 11.6. The van der Waals surface area contributed by atoms with Crippen LogP contribution in [0.3, 0.4) is 0 Å². The summed E-state index contributed by atoms with van der Waals surface area (Å²) in [4.78, 5) is 11.9. The van der Waals surface area contributed by atoms with Gasteiger partial charge in [0.15, 0.2) is 5.78 Å². The lowest BCUT2D eigenvalue weighted by Crippen LogP contribution is -2.51. The van der Waals surface area contributed by atoms with E-state index in [4.69, 9.17) is 4.18 Å². The fraction of sp³-hybridized carbons (Fsp3) is 0.850. The van der Waals surface area contributed by atoms with Crippen molar-refractivity contribution >= 4 is 15.9 Å². The van der Waals surface area contributed by atoms with Crippen LogP contribution in [0.2, 0.25) is 0 Å². The Morgan fingerprint density at radius 2 is 1.80 bits per heavy atom. The van der Waals surface area contributed by atoms with Gasteiger partial charge in [0, 0.05) is 6.42 Å². The van der Waals surface area contributed by atoms with Gasteiger partial charge in [-0.25, -0.2) is 0 Å². The number of carbonyl (C=O) groups excluding carboxylic acids is 1. The van der Waals surface area contributed by atoms with E-state index in [9.17, 15) is 13.2 Å². The first kappa shape index (κ1) is 17.7. The van der Waals surface area contributed by atoms with E-state index < -0.39 is 10.1 Å². The fourth-order valence-corrected chi connectivity index (χ4v) is 7.62. The standard InChI is InChI=1S/C20H30O4S/c1-19-10-8-14(21)12-13(19)4-5-15-16-6-7-18(24-25(3,22)23)20(16,2)11-9-17(15)19/h12,15-18H,4-11H2,1-3H3/t15-,16-,17-,18-,19-,20-/m0/s1. The molecule has 0 spiro atoms. The van der Waals surface area contributed by atoms with E-state index in [-0.39, 0.29) is 16.9 Å². The van der Waals surface area contributed by atoms with E-state index in [0.717, 1.165) is 44.9 Å². The number of hydrogen-bond donors (Lipinski definition) is 0. The van der Waals surface area contributed by atoms with E-state index >= 15 is 0 Å². The van der Waals surface area contributed by atoms with E-state index in [0.29, 0.717) is 30.0 Å². The molecule has 4 aliphatic carbocycles. The largest absolute Gasteiger partial charge is 0.295 e. The molecule has 5 heteroatoms. The molecule has 4 aliphatic rings. The molecular weight excluding hydrogens is 336 g/mol. The van der Waals surface area contributed by atoms with Crippen LogP contribution in [0, 0.1) is 28.6 Å². The number of allylic oxidation sites excluding steroid dienone is 1. The summed E-state index contributed by atoms with van der Waals surface area (Å²) >= 11 is 0. The highest BCUT2D eigenvalue weighted by Crippen LogP contribution is 2.65. The Balaban J connectivity index is 1.62. The van der Waals surface area contributed by atoms with Crippen molar-refractivity contribution in [2.75, 3.05) is 6.26 Å². The molecule has 140 valence electrons. The summed E-state index contributed by atoms with van der Waals surface area (Å²) in [6, 6.07) is 0. The molecule has 0 aromatic heterocycles. The maximum absolute atomic E-state index is 11.9. The Labute approximate surface area is 151 Å². The second-order valence-electron chi connectivity index (χ2n) is 9.38. The van der Waals surface area contributed by atoms with Gasteiger partial charge >= 0.3 is 0 Å². The van der Waals surface area contributed by atoms with Crippen LogP contribution in [-0.2, 0) is 19.1 Å². The van der Waals surface area contributed by atoms with Crippen LogP contribution in [-0.4, -0.2) is 26.6 Å². The molecule has 0 bridgehead atoms. The van der Waals surface area contributed by atoms with Crippen LogP contribution >= 0.6 is 0 Å². The lowest BCUT2D eigenvalue weighted by atomic mass is 9.47. The topological polar surface area (TPSA) is 60.4 Å². The maximum atomic E-state index is 11.9. The Morgan fingerprint density at radius 3 is 2.52 bits per heavy atom. The van der Waals surface area contributed by atoms with E-state index in [2.05, 4.69) is 13.8 Å². The molecule has 6 atom stereocenters. The Kier molecular flexibility index (Phi) is 4.01. The maximum Gasteiger partial charge on any atom is 0.264 e. The second kappa shape index (κ2) is 5.66. The third-order valence-corrected chi connectivity index (χ3v) is 8.75. The molecule has 4 rings (SSSR count). The van der Waals surface area contributed by atoms with Crippen molar-refractivity contribution in [1.82, 2.24) is 0 Å². The van der Waals surface area contributed by atoms with Crippen molar-refractivity contribution in [3.63, 3.8) is 0 Å². The van der Waals surface area contributed by atoms with Crippen LogP contribution in [0.1, 0.15) is 65.2 Å². The van der Waals surface area contributed by atoms with Gasteiger partial charge in [-0.1, -0.05) is 19.4 Å². The monoisotopic (exact) mass is 366 g/mol. The fourth-order valence-electron chi connectivity index (χ4n) is 6.88.